The fraction of sp³-hybridized carbons (Fsp3) is 0.250. The molecule has 0 saturated heterocycles. The van der Waals surface area contributed by atoms with Crippen molar-refractivity contribution in [2.24, 2.45) is 0 Å². The van der Waals surface area contributed by atoms with E-state index in [0.29, 0.717) is 0 Å². The SMILES string of the molecule is COc1cc(F)c([N+](=O)[O-])cc1CO. The van der Waals surface area contributed by atoms with Gasteiger partial charge in [-0.2, -0.15) is 4.39 Å². The molecule has 14 heavy (non-hydrogen) atoms. The number of benzene rings is 1. The van der Waals surface area contributed by atoms with Crippen molar-refractivity contribution in [3.05, 3.63) is 33.6 Å². The van der Waals surface area contributed by atoms with Gasteiger partial charge < -0.3 is 9.84 Å². The van der Waals surface area contributed by atoms with Crippen LogP contribution in [-0.2, 0) is 6.61 Å². The third-order valence-corrected chi connectivity index (χ3v) is 1.72. The van der Waals surface area contributed by atoms with Crippen LogP contribution >= 0.6 is 0 Å². The summed E-state index contributed by atoms with van der Waals surface area (Å²) < 4.78 is 17.7. The number of hydrogen-bond acceptors (Lipinski definition) is 4. The zero-order valence-corrected chi connectivity index (χ0v) is 7.36. The summed E-state index contributed by atoms with van der Waals surface area (Å²) in [7, 11) is 1.29. The number of nitro benzene ring substituents is 1. The average molecular weight is 201 g/mol. The van der Waals surface area contributed by atoms with Crippen LogP contribution in [0.2, 0.25) is 0 Å². The predicted octanol–water partition coefficient (Wildman–Crippen LogP) is 1.23. The van der Waals surface area contributed by atoms with Gasteiger partial charge in [-0.25, -0.2) is 0 Å². The monoisotopic (exact) mass is 201 g/mol. The molecule has 1 N–H and O–H groups in total. The Hall–Kier alpha value is -1.69. The van der Waals surface area contributed by atoms with E-state index in [2.05, 4.69) is 0 Å². The van der Waals surface area contributed by atoms with Crippen LogP contribution in [0.5, 0.6) is 5.75 Å². The Balaban J connectivity index is 3.30. The number of aliphatic hydroxyl groups is 1. The van der Waals surface area contributed by atoms with Crippen LogP contribution in [0, 0.1) is 15.9 Å². The first kappa shape index (κ1) is 10.4. The van der Waals surface area contributed by atoms with Crippen molar-refractivity contribution in [2.45, 2.75) is 6.61 Å². The lowest BCUT2D eigenvalue weighted by Gasteiger charge is -2.05. The molecule has 0 amide bonds. The highest BCUT2D eigenvalue weighted by Crippen LogP contribution is 2.27. The van der Waals surface area contributed by atoms with E-state index in [-0.39, 0.29) is 11.3 Å². The number of aliphatic hydroxyl groups excluding tert-OH is 1. The van der Waals surface area contributed by atoms with E-state index in [0.717, 1.165) is 12.1 Å². The lowest BCUT2D eigenvalue weighted by atomic mass is 10.2. The van der Waals surface area contributed by atoms with Crippen molar-refractivity contribution in [3.8, 4) is 5.75 Å². The second-order valence-corrected chi connectivity index (χ2v) is 2.53. The van der Waals surface area contributed by atoms with Crippen LogP contribution in [0.15, 0.2) is 12.1 Å². The van der Waals surface area contributed by atoms with Gasteiger partial charge in [0.1, 0.15) is 5.75 Å². The van der Waals surface area contributed by atoms with Gasteiger partial charge in [-0.05, 0) is 0 Å². The van der Waals surface area contributed by atoms with Gasteiger partial charge in [0.25, 0.3) is 0 Å². The molecule has 0 aromatic heterocycles. The third-order valence-electron chi connectivity index (χ3n) is 1.72. The number of rotatable bonds is 3. The summed E-state index contributed by atoms with van der Waals surface area (Å²) in [5.41, 5.74) is -0.490. The van der Waals surface area contributed by atoms with Crippen LogP contribution in [0.4, 0.5) is 10.1 Å². The van der Waals surface area contributed by atoms with E-state index < -0.39 is 23.0 Å². The molecule has 0 fully saturated rings. The molecule has 0 atom stereocenters. The lowest BCUT2D eigenvalue weighted by molar-refractivity contribution is -0.387. The van der Waals surface area contributed by atoms with E-state index in [1.165, 1.54) is 7.11 Å². The Bertz CT molecular complexity index is 367. The number of methoxy groups -OCH3 is 1. The van der Waals surface area contributed by atoms with Gasteiger partial charge in [-0.3, -0.25) is 10.1 Å². The van der Waals surface area contributed by atoms with E-state index in [1.807, 2.05) is 0 Å². The number of nitrogens with zero attached hydrogens (tertiary/aromatic N) is 1. The molecule has 0 saturated carbocycles. The van der Waals surface area contributed by atoms with Gasteiger partial charge in [0.2, 0.25) is 5.82 Å². The minimum Gasteiger partial charge on any atom is -0.496 e. The first-order valence-electron chi connectivity index (χ1n) is 3.71. The highest BCUT2D eigenvalue weighted by atomic mass is 19.1. The molecule has 76 valence electrons. The predicted molar refractivity (Wildman–Crippen MR) is 45.5 cm³/mol. The van der Waals surface area contributed by atoms with Gasteiger partial charge in [0.15, 0.2) is 0 Å². The number of hydrogen-bond donors (Lipinski definition) is 1. The van der Waals surface area contributed by atoms with Crippen LogP contribution in [0.25, 0.3) is 0 Å². The van der Waals surface area contributed by atoms with Crippen molar-refractivity contribution in [1.82, 2.24) is 0 Å². The van der Waals surface area contributed by atoms with Gasteiger partial charge in [0.05, 0.1) is 18.6 Å². The molecule has 5 nitrogen and oxygen atoms in total. The van der Waals surface area contributed by atoms with Gasteiger partial charge >= 0.3 is 5.69 Å². The second-order valence-electron chi connectivity index (χ2n) is 2.53. The summed E-state index contributed by atoms with van der Waals surface area (Å²) in [6, 6.07) is 1.83. The molecule has 0 radical (unpaired) electrons. The Morgan fingerprint density at radius 3 is 2.71 bits per heavy atom. The summed E-state index contributed by atoms with van der Waals surface area (Å²) in [6.07, 6.45) is 0. The zero-order valence-electron chi connectivity index (χ0n) is 7.36. The molecule has 0 heterocycles. The second kappa shape index (κ2) is 4.01. The molecule has 0 unspecified atom stereocenters. The Labute approximate surface area is 78.9 Å². The maximum Gasteiger partial charge on any atom is 0.305 e. The Kier molecular flexibility index (Phi) is 2.98. The van der Waals surface area contributed by atoms with E-state index in [9.17, 15) is 14.5 Å². The van der Waals surface area contributed by atoms with Crippen molar-refractivity contribution in [1.29, 1.82) is 0 Å². The molecule has 6 heteroatoms. The number of nitro groups is 1. The molecule has 0 bridgehead atoms. The maximum absolute atomic E-state index is 13.0. The normalized spacial score (nSPS) is 9.93. The summed E-state index contributed by atoms with van der Waals surface area (Å²) >= 11 is 0. The molecule has 0 aliphatic heterocycles. The van der Waals surface area contributed by atoms with Crippen molar-refractivity contribution in [2.75, 3.05) is 7.11 Å². The molecular formula is C8H8FNO4. The van der Waals surface area contributed by atoms with Crippen molar-refractivity contribution in [3.63, 3.8) is 0 Å². The topological polar surface area (TPSA) is 72.6 Å². The molecule has 0 aliphatic rings. The molecule has 1 aromatic rings. The van der Waals surface area contributed by atoms with E-state index in [4.69, 9.17) is 9.84 Å². The van der Waals surface area contributed by atoms with Crippen LogP contribution in [0.1, 0.15) is 5.56 Å². The van der Waals surface area contributed by atoms with Crippen molar-refractivity contribution >= 4 is 5.69 Å². The van der Waals surface area contributed by atoms with E-state index in [1.54, 1.807) is 0 Å². The molecule has 1 aromatic carbocycles. The molecule has 0 spiro atoms. The summed E-state index contributed by atoms with van der Waals surface area (Å²) in [5.74, 6) is -0.889. The molecule has 1 rings (SSSR count). The first-order chi connectivity index (χ1) is 6.60. The summed E-state index contributed by atoms with van der Waals surface area (Å²) in [6.45, 7) is -0.440. The Morgan fingerprint density at radius 1 is 1.64 bits per heavy atom. The zero-order chi connectivity index (χ0) is 10.7. The highest BCUT2D eigenvalue weighted by molar-refractivity contribution is 5.44. The summed E-state index contributed by atoms with van der Waals surface area (Å²) in [4.78, 5) is 9.48. The van der Waals surface area contributed by atoms with Crippen LogP contribution in [0.3, 0.4) is 0 Å². The van der Waals surface area contributed by atoms with E-state index >= 15 is 0 Å². The fourth-order valence-electron chi connectivity index (χ4n) is 1.04. The quantitative estimate of drug-likeness (QED) is 0.589. The van der Waals surface area contributed by atoms with Gasteiger partial charge in [-0.1, -0.05) is 0 Å². The first-order valence-corrected chi connectivity index (χ1v) is 3.71. The highest BCUT2D eigenvalue weighted by Gasteiger charge is 2.18. The minimum absolute atomic E-state index is 0.0931. The number of ether oxygens (including phenoxy) is 1. The largest absolute Gasteiger partial charge is 0.496 e. The molecule has 0 aliphatic carbocycles. The average Bonchev–Trinajstić information content (AvgIpc) is 2.16. The fourth-order valence-corrected chi connectivity index (χ4v) is 1.04. The Morgan fingerprint density at radius 2 is 2.29 bits per heavy atom. The third kappa shape index (κ3) is 1.80. The molecular weight excluding hydrogens is 193 g/mol. The van der Waals surface area contributed by atoms with Gasteiger partial charge in [-0.15, -0.1) is 0 Å². The summed E-state index contributed by atoms with van der Waals surface area (Å²) in [5, 5.41) is 19.2. The number of halogens is 1. The van der Waals surface area contributed by atoms with Gasteiger partial charge in [0, 0.05) is 17.7 Å². The minimum atomic E-state index is -0.982. The smallest absolute Gasteiger partial charge is 0.305 e. The maximum atomic E-state index is 13.0. The lowest BCUT2D eigenvalue weighted by Crippen LogP contribution is -1.98. The van der Waals surface area contributed by atoms with Crippen molar-refractivity contribution < 1.29 is 19.2 Å². The standard InChI is InChI=1S/C8H8FNO4/c1-14-8-3-6(9)7(10(12)13)2-5(8)4-11/h2-3,11H,4H2,1H3. The van der Waals surface area contributed by atoms with Crippen LogP contribution in [-0.4, -0.2) is 17.1 Å². The van der Waals surface area contributed by atoms with Crippen LogP contribution < -0.4 is 4.74 Å².